The highest BCUT2D eigenvalue weighted by atomic mass is 35.5. The van der Waals surface area contributed by atoms with Crippen molar-refractivity contribution in [1.82, 2.24) is 19.8 Å². The summed E-state index contributed by atoms with van der Waals surface area (Å²) in [7, 11) is -2.56. The number of rotatable bonds is 3. The number of carbonyl (C=O) groups excluding carboxylic acids is 2. The van der Waals surface area contributed by atoms with E-state index in [0.717, 1.165) is 4.68 Å². The predicted molar refractivity (Wildman–Crippen MR) is 64.7 cm³/mol. The summed E-state index contributed by atoms with van der Waals surface area (Å²) in [6.45, 7) is 0. The third-order valence-corrected chi connectivity index (χ3v) is 4.61. The molecule has 0 saturated carbocycles. The maximum atomic E-state index is 12.1. The smallest absolute Gasteiger partial charge is 0.259 e. The molecule has 1 aromatic rings. The number of amides is 2. The molecule has 0 aliphatic carbocycles. The second-order valence-electron chi connectivity index (χ2n) is 4.05. The molecule has 2 amide bonds. The SMILES string of the molecule is Cn1ncc(Cl)c1S(=O)(=O)NC1CCC(=O)NC1=O. The van der Waals surface area contributed by atoms with Crippen LogP contribution in [-0.4, -0.2) is 36.1 Å². The van der Waals surface area contributed by atoms with E-state index in [1.807, 2.05) is 0 Å². The highest BCUT2D eigenvalue weighted by molar-refractivity contribution is 7.89. The number of nitrogens with one attached hydrogen (secondary N) is 2. The first-order chi connectivity index (χ1) is 8.81. The van der Waals surface area contributed by atoms with Crippen molar-refractivity contribution in [2.24, 2.45) is 7.05 Å². The number of piperidine rings is 1. The molecule has 0 radical (unpaired) electrons. The lowest BCUT2D eigenvalue weighted by Gasteiger charge is -2.21. The van der Waals surface area contributed by atoms with Gasteiger partial charge >= 0.3 is 0 Å². The van der Waals surface area contributed by atoms with Crippen molar-refractivity contribution in [3.05, 3.63) is 11.2 Å². The maximum Gasteiger partial charge on any atom is 0.259 e. The highest BCUT2D eigenvalue weighted by Gasteiger charge is 2.33. The van der Waals surface area contributed by atoms with Gasteiger partial charge in [-0.1, -0.05) is 11.6 Å². The van der Waals surface area contributed by atoms with Crippen LogP contribution in [0, 0.1) is 0 Å². The molecule has 1 aliphatic rings. The molecular formula is C9H11ClN4O4S. The van der Waals surface area contributed by atoms with Gasteiger partial charge in [-0.3, -0.25) is 19.6 Å². The molecule has 1 aliphatic heterocycles. The lowest BCUT2D eigenvalue weighted by molar-refractivity contribution is -0.134. The van der Waals surface area contributed by atoms with Crippen molar-refractivity contribution in [3.63, 3.8) is 0 Å². The van der Waals surface area contributed by atoms with Crippen LogP contribution >= 0.6 is 11.6 Å². The van der Waals surface area contributed by atoms with E-state index < -0.39 is 27.9 Å². The summed E-state index contributed by atoms with van der Waals surface area (Å²) >= 11 is 5.75. The van der Waals surface area contributed by atoms with E-state index in [-0.39, 0.29) is 22.9 Å². The highest BCUT2D eigenvalue weighted by Crippen LogP contribution is 2.20. The molecule has 0 aromatic carbocycles. The molecule has 104 valence electrons. The largest absolute Gasteiger partial charge is 0.295 e. The van der Waals surface area contributed by atoms with E-state index in [1.165, 1.54) is 13.2 Å². The van der Waals surface area contributed by atoms with Crippen molar-refractivity contribution >= 4 is 33.4 Å². The fourth-order valence-corrected chi connectivity index (χ4v) is 3.64. The van der Waals surface area contributed by atoms with Gasteiger partial charge in [-0.05, 0) is 6.42 Å². The predicted octanol–water partition coefficient (Wildman–Crippen LogP) is -0.843. The lowest BCUT2D eigenvalue weighted by Crippen LogP contribution is -2.52. The second-order valence-corrected chi connectivity index (χ2v) is 6.08. The van der Waals surface area contributed by atoms with E-state index in [4.69, 9.17) is 11.6 Å². The Labute approximate surface area is 114 Å². The van der Waals surface area contributed by atoms with Crippen LogP contribution < -0.4 is 10.0 Å². The molecule has 2 N–H and O–H groups in total. The minimum atomic E-state index is -3.98. The molecular weight excluding hydrogens is 296 g/mol. The van der Waals surface area contributed by atoms with Crippen molar-refractivity contribution in [1.29, 1.82) is 0 Å². The number of carbonyl (C=O) groups is 2. The van der Waals surface area contributed by atoms with Crippen LogP contribution in [0.15, 0.2) is 11.2 Å². The fourth-order valence-electron chi connectivity index (χ4n) is 1.75. The van der Waals surface area contributed by atoms with Gasteiger partial charge in [0.15, 0.2) is 5.03 Å². The molecule has 1 unspecified atom stereocenters. The van der Waals surface area contributed by atoms with Crippen molar-refractivity contribution in [2.45, 2.75) is 23.9 Å². The van der Waals surface area contributed by atoms with E-state index in [0.29, 0.717) is 0 Å². The maximum absolute atomic E-state index is 12.1. The van der Waals surface area contributed by atoms with Gasteiger partial charge < -0.3 is 0 Å². The Morgan fingerprint density at radius 3 is 2.74 bits per heavy atom. The van der Waals surface area contributed by atoms with Crippen LogP contribution in [0.1, 0.15) is 12.8 Å². The summed E-state index contributed by atoms with van der Waals surface area (Å²) in [5.74, 6) is -1.09. The molecule has 2 rings (SSSR count). The molecule has 8 nitrogen and oxygen atoms in total. The molecule has 10 heteroatoms. The summed E-state index contributed by atoms with van der Waals surface area (Å²) in [5.41, 5.74) is 0. The van der Waals surface area contributed by atoms with Crippen molar-refractivity contribution in [2.75, 3.05) is 0 Å². The molecule has 1 aromatic heterocycles. The lowest BCUT2D eigenvalue weighted by atomic mass is 10.1. The van der Waals surface area contributed by atoms with Gasteiger partial charge in [-0.2, -0.15) is 9.82 Å². The number of hydrogen-bond donors (Lipinski definition) is 2. The van der Waals surface area contributed by atoms with Gasteiger partial charge in [0.05, 0.1) is 11.2 Å². The number of sulfonamides is 1. The molecule has 19 heavy (non-hydrogen) atoms. The first-order valence-corrected chi connectivity index (χ1v) is 7.21. The Morgan fingerprint density at radius 1 is 1.53 bits per heavy atom. The average molecular weight is 307 g/mol. The number of aromatic nitrogens is 2. The van der Waals surface area contributed by atoms with Crippen LogP contribution in [0.25, 0.3) is 0 Å². The third-order valence-electron chi connectivity index (χ3n) is 2.63. The first-order valence-electron chi connectivity index (χ1n) is 5.35. The van der Waals surface area contributed by atoms with Crippen LogP contribution in [-0.2, 0) is 26.7 Å². The number of hydrogen-bond acceptors (Lipinski definition) is 5. The third kappa shape index (κ3) is 2.77. The number of aryl methyl sites for hydroxylation is 1. The Hall–Kier alpha value is -1.45. The van der Waals surface area contributed by atoms with Gasteiger partial charge in [0.2, 0.25) is 11.8 Å². The topological polar surface area (TPSA) is 110 Å². The van der Waals surface area contributed by atoms with Crippen molar-refractivity contribution < 1.29 is 18.0 Å². The van der Waals surface area contributed by atoms with Crippen LogP contribution in [0.2, 0.25) is 5.02 Å². The molecule has 2 heterocycles. The van der Waals surface area contributed by atoms with Gasteiger partial charge in [0, 0.05) is 13.5 Å². The number of halogens is 1. The Bertz CT molecular complexity index is 619. The van der Waals surface area contributed by atoms with Crippen LogP contribution in [0.3, 0.4) is 0 Å². The van der Waals surface area contributed by atoms with E-state index in [9.17, 15) is 18.0 Å². The molecule has 1 saturated heterocycles. The zero-order valence-corrected chi connectivity index (χ0v) is 11.5. The minimum Gasteiger partial charge on any atom is -0.295 e. The molecule has 0 spiro atoms. The summed E-state index contributed by atoms with van der Waals surface area (Å²) < 4.78 is 27.5. The van der Waals surface area contributed by atoms with Gasteiger partial charge in [-0.15, -0.1) is 0 Å². The van der Waals surface area contributed by atoms with Gasteiger partial charge in [0.25, 0.3) is 10.0 Å². The fraction of sp³-hybridized carbons (Fsp3) is 0.444. The summed E-state index contributed by atoms with van der Waals surface area (Å²) in [5, 5.41) is 5.52. The minimum absolute atomic E-state index is 0.0395. The summed E-state index contributed by atoms with van der Waals surface area (Å²) in [4.78, 5) is 22.5. The summed E-state index contributed by atoms with van der Waals surface area (Å²) in [6.07, 6.45) is 1.39. The first kappa shape index (κ1) is 14.0. The Balaban J connectivity index is 2.23. The Kier molecular flexibility index (Phi) is 3.61. The number of imide groups is 1. The molecule has 1 atom stereocenters. The molecule has 0 bridgehead atoms. The summed E-state index contributed by atoms with van der Waals surface area (Å²) in [6, 6.07) is -0.992. The zero-order valence-electron chi connectivity index (χ0n) is 9.88. The quantitative estimate of drug-likeness (QED) is 0.707. The van der Waals surface area contributed by atoms with Crippen LogP contribution in [0.4, 0.5) is 0 Å². The van der Waals surface area contributed by atoms with E-state index in [1.54, 1.807) is 0 Å². The second kappa shape index (κ2) is 4.91. The average Bonchev–Trinajstić information content (AvgIpc) is 2.63. The monoisotopic (exact) mass is 306 g/mol. The van der Waals surface area contributed by atoms with Gasteiger partial charge in [0.1, 0.15) is 6.04 Å². The van der Waals surface area contributed by atoms with Gasteiger partial charge in [-0.25, -0.2) is 8.42 Å². The molecule has 1 fully saturated rings. The van der Waals surface area contributed by atoms with Crippen molar-refractivity contribution in [3.8, 4) is 0 Å². The zero-order chi connectivity index (χ0) is 14.2. The Morgan fingerprint density at radius 2 is 2.21 bits per heavy atom. The normalized spacial score (nSPS) is 20.4. The number of nitrogens with zero attached hydrogens (tertiary/aromatic N) is 2. The standard InChI is InChI=1S/C9H11ClN4O4S/c1-14-9(5(10)4-11-14)19(17,18)13-6-2-3-7(15)12-8(6)16/h4,6,13H,2-3H2,1H3,(H,12,15,16). The van der Waals surface area contributed by atoms with Crippen LogP contribution in [0.5, 0.6) is 0 Å². The van der Waals surface area contributed by atoms with E-state index in [2.05, 4.69) is 15.1 Å². The van der Waals surface area contributed by atoms with E-state index >= 15 is 0 Å².